The van der Waals surface area contributed by atoms with Crippen LogP contribution in [0.3, 0.4) is 0 Å². The number of carbonyl (C=O) groups excluding carboxylic acids is 1. The number of methoxy groups -OCH3 is 1. The Morgan fingerprint density at radius 3 is 2.77 bits per heavy atom. The number of carbonyl (C=O) groups is 1. The van der Waals surface area contributed by atoms with Gasteiger partial charge in [0, 0.05) is 30.0 Å². The van der Waals surface area contributed by atoms with Crippen LogP contribution in [-0.4, -0.2) is 57.3 Å². The molecule has 8 nitrogen and oxygen atoms in total. The van der Waals surface area contributed by atoms with Crippen molar-refractivity contribution in [3.8, 4) is 5.75 Å². The van der Waals surface area contributed by atoms with E-state index in [1.165, 1.54) is 0 Å². The molecule has 1 fully saturated rings. The highest BCUT2D eigenvalue weighted by Crippen LogP contribution is 2.33. The lowest BCUT2D eigenvalue weighted by atomic mass is 10.0. The third-order valence-corrected chi connectivity index (χ3v) is 6.83. The van der Waals surface area contributed by atoms with Gasteiger partial charge in [0.05, 0.1) is 19.2 Å². The summed E-state index contributed by atoms with van der Waals surface area (Å²) in [4.78, 5) is 15.5. The highest BCUT2D eigenvalue weighted by Gasteiger charge is 2.38. The number of fused-ring (bicyclic) bond motifs is 1. The summed E-state index contributed by atoms with van der Waals surface area (Å²) in [6.45, 7) is 1.86. The Balaban J connectivity index is 1.34. The SMILES string of the molecule is COc1ccc(CN2C[C@H](n3cnnn3)C[C@H]2C(=O)NCCc2cccc(Cl)c2)c2ccccc12. The minimum atomic E-state index is -0.288. The zero-order valence-electron chi connectivity index (χ0n) is 19.5. The van der Waals surface area contributed by atoms with Crippen LogP contribution >= 0.6 is 11.6 Å². The van der Waals surface area contributed by atoms with Crippen LogP contribution in [0, 0.1) is 0 Å². The first-order valence-electron chi connectivity index (χ1n) is 11.7. The van der Waals surface area contributed by atoms with Crippen molar-refractivity contribution in [2.45, 2.75) is 31.5 Å². The van der Waals surface area contributed by atoms with Crippen LogP contribution in [-0.2, 0) is 17.8 Å². The molecule has 35 heavy (non-hydrogen) atoms. The molecule has 1 aliphatic heterocycles. The Bertz CT molecular complexity index is 1310. The summed E-state index contributed by atoms with van der Waals surface area (Å²) in [7, 11) is 1.68. The lowest BCUT2D eigenvalue weighted by Gasteiger charge is -2.24. The van der Waals surface area contributed by atoms with E-state index in [-0.39, 0.29) is 18.0 Å². The number of hydrogen-bond acceptors (Lipinski definition) is 6. The molecule has 1 amide bonds. The molecule has 0 bridgehead atoms. The van der Waals surface area contributed by atoms with E-state index in [1.807, 2.05) is 42.5 Å². The number of tetrazole rings is 1. The van der Waals surface area contributed by atoms with Crippen LogP contribution in [0.1, 0.15) is 23.6 Å². The van der Waals surface area contributed by atoms with Gasteiger partial charge in [0.1, 0.15) is 12.1 Å². The lowest BCUT2D eigenvalue weighted by Crippen LogP contribution is -2.43. The van der Waals surface area contributed by atoms with Crippen molar-refractivity contribution in [1.82, 2.24) is 30.4 Å². The minimum absolute atomic E-state index is 0.0143. The van der Waals surface area contributed by atoms with Gasteiger partial charge in [0.25, 0.3) is 0 Å². The Morgan fingerprint density at radius 1 is 1.14 bits per heavy atom. The number of nitrogens with one attached hydrogen (secondary N) is 1. The van der Waals surface area contributed by atoms with E-state index in [9.17, 15) is 4.79 Å². The number of nitrogens with zero attached hydrogens (tertiary/aromatic N) is 5. The molecule has 0 spiro atoms. The van der Waals surface area contributed by atoms with Gasteiger partial charge in [-0.25, -0.2) is 4.68 Å². The summed E-state index contributed by atoms with van der Waals surface area (Å²) in [6, 6.07) is 19.7. The first kappa shape index (κ1) is 23.3. The molecule has 2 atom stereocenters. The lowest BCUT2D eigenvalue weighted by molar-refractivity contribution is -0.125. The summed E-state index contributed by atoms with van der Waals surface area (Å²) in [6.07, 6.45) is 2.98. The van der Waals surface area contributed by atoms with Crippen molar-refractivity contribution < 1.29 is 9.53 Å². The number of benzene rings is 3. The number of aromatic nitrogens is 4. The van der Waals surface area contributed by atoms with Crippen molar-refractivity contribution in [3.05, 3.63) is 83.1 Å². The average molecular weight is 491 g/mol. The molecule has 9 heteroatoms. The van der Waals surface area contributed by atoms with Crippen molar-refractivity contribution in [2.24, 2.45) is 0 Å². The Morgan fingerprint density at radius 2 is 2.00 bits per heavy atom. The molecule has 1 aliphatic rings. The Kier molecular flexibility index (Phi) is 6.92. The fraction of sp³-hybridized carbons (Fsp3) is 0.308. The van der Waals surface area contributed by atoms with E-state index in [0.29, 0.717) is 31.1 Å². The number of hydrogen-bond donors (Lipinski definition) is 1. The van der Waals surface area contributed by atoms with Crippen LogP contribution in [0.5, 0.6) is 5.75 Å². The van der Waals surface area contributed by atoms with Crippen LogP contribution < -0.4 is 10.1 Å². The third-order valence-electron chi connectivity index (χ3n) is 6.59. The van der Waals surface area contributed by atoms with Gasteiger partial charge in [-0.05, 0) is 58.0 Å². The highest BCUT2D eigenvalue weighted by atomic mass is 35.5. The van der Waals surface area contributed by atoms with Gasteiger partial charge in [-0.15, -0.1) is 5.10 Å². The van der Waals surface area contributed by atoms with Crippen LogP contribution in [0.4, 0.5) is 0 Å². The number of halogens is 1. The summed E-state index contributed by atoms with van der Waals surface area (Å²) in [5, 5.41) is 17.7. The van der Waals surface area contributed by atoms with E-state index in [2.05, 4.69) is 43.9 Å². The smallest absolute Gasteiger partial charge is 0.237 e. The maximum atomic E-state index is 13.3. The fourth-order valence-electron chi connectivity index (χ4n) is 4.86. The normalized spacial score (nSPS) is 18.1. The highest BCUT2D eigenvalue weighted by molar-refractivity contribution is 6.30. The average Bonchev–Trinajstić information content (AvgIpc) is 3.55. The van der Waals surface area contributed by atoms with Gasteiger partial charge in [-0.2, -0.15) is 0 Å². The molecule has 5 rings (SSSR count). The molecule has 0 aliphatic carbocycles. The van der Waals surface area contributed by atoms with Gasteiger partial charge >= 0.3 is 0 Å². The number of likely N-dealkylation sites (tertiary alicyclic amines) is 1. The van der Waals surface area contributed by atoms with Crippen molar-refractivity contribution in [3.63, 3.8) is 0 Å². The van der Waals surface area contributed by atoms with Gasteiger partial charge < -0.3 is 10.1 Å². The number of rotatable bonds is 8. The van der Waals surface area contributed by atoms with Gasteiger partial charge in [0.2, 0.25) is 5.91 Å². The van der Waals surface area contributed by atoms with Gasteiger partial charge in [0.15, 0.2) is 0 Å². The fourth-order valence-corrected chi connectivity index (χ4v) is 5.08. The molecule has 1 N–H and O–H groups in total. The molecule has 180 valence electrons. The topological polar surface area (TPSA) is 85.2 Å². The van der Waals surface area contributed by atoms with Crippen LogP contribution in [0.15, 0.2) is 67.0 Å². The molecule has 3 aromatic carbocycles. The molecule has 2 heterocycles. The minimum Gasteiger partial charge on any atom is -0.496 e. The quantitative estimate of drug-likeness (QED) is 0.405. The largest absolute Gasteiger partial charge is 0.496 e. The Hall–Kier alpha value is -3.49. The van der Waals surface area contributed by atoms with E-state index in [4.69, 9.17) is 16.3 Å². The summed E-state index contributed by atoms with van der Waals surface area (Å²) >= 11 is 6.09. The van der Waals surface area contributed by atoms with Crippen LogP contribution in [0.25, 0.3) is 10.8 Å². The summed E-state index contributed by atoms with van der Waals surface area (Å²) in [5.74, 6) is 0.855. The molecular weight excluding hydrogens is 464 g/mol. The standard InChI is InChI=1S/C26H27ClN6O2/c1-35-25-10-9-19(22-7-2-3-8-23(22)25)15-32-16-21(33-17-29-30-31-33)14-24(32)26(34)28-12-11-18-5-4-6-20(27)13-18/h2-10,13,17,21,24H,11-12,14-16H2,1H3,(H,28,34)/t21-,24+/m1/s1. The summed E-state index contributed by atoms with van der Waals surface area (Å²) in [5.41, 5.74) is 2.24. The second-order valence-electron chi connectivity index (χ2n) is 8.77. The molecule has 0 saturated carbocycles. The molecule has 1 saturated heterocycles. The first-order valence-corrected chi connectivity index (χ1v) is 12.0. The first-order chi connectivity index (χ1) is 17.1. The number of amides is 1. The predicted molar refractivity (Wildman–Crippen MR) is 134 cm³/mol. The second-order valence-corrected chi connectivity index (χ2v) is 9.20. The van der Waals surface area contributed by atoms with E-state index in [0.717, 1.165) is 34.1 Å². The van der Waals surface area contributed by atoms with Gasteiger partial charge in [-0.1, -0.05) is 54.1 Å². The molecule has 4 aromatic rings. The third kappa shape index (κ3) is 5.13. The van der Waals surface area contributed by atoms with Crippen molar-refractivity contribution >= 4 is 28.3 Å². The van der Waals surface area contributed by atoms with E-state index >= 15 is 0 Å². The second kappa shape index (κ2) is 10.4. The zero-order chi connectivity index (χ0) is 24.2. The van der Waals surface area contributed by atoms with E-state index < -0.39 is 0 Å². The molecule has 0 radical (unpaired) electrons. The van der Waals surface area contributed by atoms with Gasteiger partial charge in [-0.3, -0.25) is 9.69 Å². The molecular formula is C26H27ClN6O2. The summed E-state index contributed by atoms with van der Waals surface area (Å²) < 4.78 is 7.30. The predicted octanol–water partition coefficient (Wildman–Crippen LogP) is 3.66. The van der Waals surface area contributed by atoms with Crippen molar-refractivity contribution in [2.75, 3.05) is 20.2 Å². The molecule has 1 aromatic heterocycles. The maximum absolute atomic E-state index is 13.3. The van der Waals surface area contributed by atoms with Crippen molar-refractivity contribution in [1.29, 1.82) is 0 Å². The number of ether oxygens (including phenoxy) is 1. The maximum Gasteiger partial charge on any atom is 0.237 e. The van der Waals surface area contributed by atoms with Crippen LogP contribution in [0.2, 0.25) is 5.02 Å². The van der Waals surface area contributed by atoms with E-state index in [1.54, 1.807) is 18.1 Å². The Labute approximate surface area is 208 Å². The molecule has 0 unspecified atom stereocenters. The zero-order valence-corrected chi connectivity index (χ0v) is 20.2. The monoisotopic (exact) mass is 490 g/mol.